The van der Waals surface area contributed by atoms with Crippen molar-refractivity contribution in [2.45, 2.75) is 13.3 Å². The molecular formula is C10H9BrN2S. The number of rotatable bonds is 2. The Hall–Kier alpha value is -0.740. The fourth-order valence-electron chi connectivity index (χ4n) is 1.28. The monoisotopic (exact) mass is 268 g/mol. The minimum Gasteiger partial charge on any atom is -0.214 e. The van der Waals surface area contributed by atoms with E-state index in [1.165, 1.54) is 22.7 Å². The second kappa shape index (κ2) is 4.19. The summed E-state index contributed by atoms with van der Waals surface area (Å²) in [5.74, 6) is 0. The van der Waals surface area contributed by atoms with Crippen molar-refractivity contribution in [3.05, 3.63) is 45.1 Å². The number of hydrogen-bond donors (Lipinski definition) is 0. The van der Waals surface area contributed by atoms with Crippen LogP contribution in [0.5, 0.6) is 0 Å². The molecule has 0 unspecified atom stereocenters. The Balaban J connectivity index is 2.23. The van der Waals surface area contributed by atoms with E-state index in [1.807, 2.05) is 0 Å². The van der Waals surface area contributed by atoms with Crippen molar-refractivity contribution < 1.29 is 0 Å². The molecule has 0 spiro atoms. The first-order valence-electron chi connectivity index (χ1n) is 4.28. The smallest absolute Gasteiger partial charge is 0.209 e. The van der Waals surface area contributed by atoms with E-state index in [4.69, 9.17) is 0 Å². The van der Waals surface area contributed by atoms with Gasteiger partial charge in [0.05, 0.1) is 0 Å². The number of aryl methyl sites for hydroxylation is 1. The third-order valence-corrected chi connectivity index (χ3v) is 3.35. The first kappa shape index (κ1) is 9.80. The van der Waals surface area contributed by atoms with Gasteiger partial charge in [0, 0.05) is 6.42 Å². The van der Waals surface area contributed by atoms with Crippen molar-refractivity contribution in [1.82, 2.24) is 9.36 Å². The number of halogens is 1. The highest BCUT2D eigenvalue weighted by molar-refractivity contribution is 9.10. The minimum absolute atomic E-state index is 0.686. The highest BCUT2D eigenvalue weighted by atomic mass is 79.9. The van der Waals surface area contributed by atoms with Crippen molar-refractivity contribution in [3.63, 3.8) is 0 Å². The van der Waals surface area contributed by atoms with Crippen molar-refractivity contribution in [1.29, 1.82) is 0 Å². The maximum absolute atomic E-state index is 4.27. The van der Waals surface area contributed by atoms with Crippen LogP contribution in [0.25, 0.3) is 0 Å². The van der Waals surface area contributed by atoms with Gasteiger partial charge >= 0.3 is 0 Å². The van der Waals surface area contributed by atoms with Crippen LogP contribution in [0.2, 0.25) is 0 Å². The van der Waals surface area contributed by atoms with Crippen LogP contribution in [0.4, 0.5) is 0 Å². The lowest BCUT2D eigenvalue weighted by molar-refractivity contribution is 1.09. The Morgan fingerprint density at radius 3 is 2.79 bits per heavy atom. The third-order valence-electron chi connectivity index (χ3n) is 2.05. The first-order valence-corrected chi connectivity index (χ1v) is 5.85. The molecule has 1 aromatic carbocycles. The number of aromatic nitrogens is 2. The van der Waals surface area contributed by atoms with Gasteiger partial charge in [-0.1, -0.05) is 24.3 Å². The Morgan fingerprint density at radius 1 is 1.36 bits per heavy atom. The summed E-state index contributed by atoms with van der Waals surface area (Å²) in [5, 5.41) is 1.05. The fraction of sp³-hybridized carbons (Fsp3) is 0.200. The molecule has 0 saturated carbocycles. The van der Waals surface area contributed by atoms with Gasteiger partial charge in [-0.25, -0.2) is 4.98 Å². The zero-order valence-corrected chi connectivity index (χ0v) is 10.1. The predicted octanol–water partition coefficient (Wildman–Crippen LogP) is 3.20. The zero-order valence-electron chi connectivity index (χ0n) is 7.70. The lowest BCUT2D eigenvalue weighted by atomic mass is 10.1. The molecule has 2 aromatic rings. The van der Waals surface area contributed by atoms with Crippen LogP contribution in [0.1, 0.15) is 16.1 Å². The van der Waals surface area contributed by atoms with Gasteiger partial charge in [-0.2, -0.15) is 4.37 Å². The molecule has 0 aliphatic rings. The molecule has 0 aliphatic heterocycles. The fourth-order valence-corrected chi connectivity index (χ4v) is 2.39. The van der Waals surface area contributed by atoms with Crippen molar-refractivity contribution in [2.75, 3.05) is 0 Å². The molecule has 0 atom stereocenters. The molecule has 0 amide bonds. The van der Waals surface area contributed by atoms with Crippen LogP contribution in [0, 0.1) is 6.92 Å². The van der Waals surface area contributed by atoms with E-state index < -0.39 is 0 Å². The molecule has 2 rings (SSSR count). The van der Waals surface area contributed by atoms with Gasteiger partial charge in [-0.3, -0.25) is 0 Å². The zero-order chi connectivity index (χ0) is 9.97. The largest absolute Gasteiger partial charge is 0.214 e. The van der Waals surface area contributed by atoms with Crippen LogP contribution < -0.4 is 0 Å². The van der Waals surface area contributed by atoms with Gasteiger partial charge < -0.3 is 0 Å². The second-order valence-corrected chi connectivity index (χ2v) is 4.61. The van der Waals surface area contributed by atoms with E-state index >= 15 is 0 Å². The molecule has 1 heterocycles. The van der Waals surface area contributed by atoms with Crippen LogP contribution in [0.15, 0.2) is 29.0 Å². The summed E-state index contributed by atoms with van der Waals surface area (Å²) in [6.45, 7) is 2.12. The molecule has 0 radical (unpaired) electrons. The average Bonchev–Trinajstić information content (AvgIpc) is 2.56. The molecule has 4 heteroatoms. The maximum atomic E-state index is 4.27. The van der Waals surface area contributed by atoms with Gasteiger partial charge in [0.25, 0.3) is 0 Å². The Morgan fingerprint density at radius 2 is 2.14 bits per heavy atom. The van der Waals surface area contributed by atoms with Crippen LogP contribution in [0.3, 0.4) is 0 Å². The van der Waals surface area contributed by atoms with E-state index in [0.29, 0.717) is 4.73 Å². The highest BCUT2D eigenvalue weighted by Crippen LogP contribution is 2.16. The van der Waals surface area contributed by atoms with Gasteiger partial charge in [0.2, 0.25) is 4.73 Å². The lowest BCUT2D eigenvalue weighted by Crippen LogP contribution is -1.90. The standard InChI is InChI=1S/C10H9BrN2S/c1-7-4-2-3-5-8(7)6-9-12-10(11)13-14-9/h2-5H,6H2,1H3. The summed E-state index contributed by atoms with van der Waals surface area (Å²) in [5.41, 5.74) is 2.62. The number of nitrogens with zero attached hydrogens (tertiary/aromatic N) is 2. The van der Waals surface area contributed by atoms with Gasteiger partial charge in [-0.05, 0) is 45.5 Å². The first-order chi connectivity index (χ1) is 6.75. The van der Waals surface area contributed by atoms with E-state index in [0.717, 1.165) is 11.4 Å². The summed E-state index contributed by atoms with van der Waals surface area (Å²) in [6.07, 6.45) is 0.871. The predicted molar refractivity (Wildman–Crippen MR) is 61.6 cm³/mol. The van der Waals surface area contributed by atoms with Crippen LogP contribution in [-0.4, -0.2) is 9.36 Å². The van der Waals surface area contributed by atoms with Gasteiger partial charge in [0.15, 0.2) is 0 Å². The second-order valence-electron chi connectivity index (χ2n) is 3.06. The normalized spacial score (nSPS) is 10.4. The molecular weight excluding hydrogens is 260 g/mol. The number of benzene rings is 1. The molecule has 0 bridgehead atoms. The van der Waals surface area contributed by atoms with Crippen molar-refractivity contribution in [2.24, 2.45) is 0 Å². The quantitative estimate of drug-likeness (QED) is 0.836. The molecule has 0 saturated heterocycles. The summed E-state index contributed by atoms with van der Waals surface area (Å²) < 4.78 is 4.78. The van der Waals surface area contributed by atoms with Gasteiger partial charge in [-0.15, -0.1) is 0 Å². The summed E-state index contributed by atoms with van der Waals surface area (Å²) >= 11 is 4.70. The Bertz CT molecular complexity index is 439. The van der Waals surface area contributed by atoms with E-state index in [1.54, 1.807) is 0 Å². The van der Waals surface area contributed by atoms with E-state index in [9.17, 15) is 0 Å². The SMILES string of the molecule is Cc1ccccc1Cc1nc(Br)ns1. The van der Waals surface area contributed by atoms with E-state index in [2.05, 4.69) is 56.5 Å². The highest BCUT2D eigenvalue weighted by Gasteiger charge is 2.04. The topological polar surface area (TPSA) is 25.8 Å². The van der Waals surface area contributed by atoms with Crippen molar-refractivity contribution in [3.8, 4) is 0 Å². The Kier molecular flexibility index (Phi) is 2.93. The molecule has 72 valence electrons. The third kappa shape index (κ3) is 2.19. The summed E-state index contributed by atoms with van der Waals surface area (Å²) in [6, 6.07) is 8.35. The Labute approximate surface area is 95.3 Å². The van der Waals surface area contributed by atoms with Crippen LogP contribution in [-0.2, 0) is 6.42 Å². The minimum atomic E-state index is 0.686. The molecule has 1 aromatic heterocycles. The molecule has 14 heavy (non-hydrogen) atoms. The summed E-state index contributed by atoms with van der Waals surface area (Å²) in [4.78, 5) is 4.27. The molecule has 0 aliphatic carbocycles. The maximum Gasteiger partial charge on any atom is 0.209 e. The summed E-state index contributed by atoms with van der Waals surface area (Å²) in [7, 11) is 0. The molecule has 2 nitrogen and oxygen atoms in total. The van der Waals surface area contributed by atoms with Gasteiger partial charge in [0.1, 0.15) is 5.01 Å². The molecule has 0 N–H and O–H groups in total. The number of hydrogen-bond acceptors (Lipinski definition) is 3. The molecule has 0 fully saturated rings. The van der Waals surface area contributed by atoms with Crippen LogP contribution >= 0.6 is 27.5 Å². The lowest BCUT2D eigenvalue weighted by Gasteiger charge is -2.01. The average molecular weight is 269 g/mol. The van der Waals surface area contributed by atoms with Crippen molar-refractivity contribution >= 4 is 27.5 Å². The van der Waals surface area contributed by atoms with E-state index in [-0.39, 0.29) is 0 Å².